The van der Waals surface area contributed by atoms with Crippen molar-refractivity contribution in [1.29, 1.82) is 0 Å². The van der Waals surface area contributed by atoms with E-state index in [-0.39, 0.29) is 6.61 Å². The zero-order valence-electron chi connectivity index (χ0n) is 22.1. The molecule has 2 aromatic heterocycles. The molecule has 10 heteroatoms. The van der Waals surface area contributed by atoms with Gasteiger partial charge in [-0.05, 0) is 23.8 Å². The van der Waals surface area contributed by atoms with Gasteiger partial charge in [-0.25, -0.2) is 4.68 Å². The summed E-state index contributed by atoms with van der Waals surface area (Å²) in [4.78, 5) is 2.24. The minimum Gasteiger partial charge on any atom is -0.394 e. The van der Waals surface area contributed by atoms with Crippen LogP contribution in [-0.2, 0) is 34.4 Å². The highest BCUT2D eigenvalue weighted by molar-refractivity contribution is 7.18. The smallest absolute Gasteiger partial charge is 0.263 e. The highest BCUT2D eigenvalue weighted by Crippen LogP contribution is 2.34. The van der Waals surface area contributed by atoms with Crippen molar-refractivity contribution < 1.29 is 23.9 Å². The van der Waals surface area contributed by atoms with E-state index in [1.807, 2.05) is 17.5 Å². The lowest BCUT2D eigenvalue weighted by Gasteiger charge is -2.27. The minimum absolute atomic E-state index is 0.00270. The van der Waals surface area contributed by atoms with Crippen LogP contribution in [0.2, 0.25) is 0 Å². The van der Waals surface area contributed by atoms with Crippen molar-refractivity contribution in [2.45, 2.75) is 13.2 Å². The molecule has 0 radical (unpaired) electrons. The molecule has 1 aliphatic rings. The van der Waals surface area contributed by atoms with Gasteiger partial charge in [0.1, 0.15) is 17.4 Å². The molecule has 0 fully saturated rings. The normalized spacial score (nSPS) is 14.0. The summed E-state index contributed by atoms with van der Waals surface area (Å²) >= 11 is 1.81. The van der Waals surface area contributed by atoms with Gasteiger partial charge in [-0.1, -0.05) is 46.9 Å². The first-order chi connectivity index (χ1) is 19.2. The molecule has 2 aromatic carbocycles. The minimum atomic E-state index is -0.00270. The van der Waals surface area contributed by atoms with Gasteiger partial charge in [-0.3, -0.25) is 0 Å². The zero-order valence-corrected chi connectivity index (χ0v) is 22.9. The monoisotopic (exact) mass is 548 g/mol. The van der Waals surface area contributed by atoms with E-state index in [0.29, 0.717) is 46.2 Å². The Morgan fingerprint density at radius 2 is 1.74 bits per heavy atom. The number of aliphatic hydroxyl groups is 1. The third kappa shape index (κ3) is 6.97. The van der Waals surface area contributed by atoms with Gasteiger partial charge < -0.3 is 24.2 Å². The van der Waals surface area contributed by atoms with Crippen LogP contribution >= 0.6 is 11.3 Å². The Kier molecular flexibility index (Phi) is 9.47. The van der Waals surface area contributed by atoms with Gasteiger partial charge in [0.15, 0.2) is 0 Å². The quantitative estimate of drug-likeness (QED) is 0.191. The summed E-state index contributed by atoms with van der Waals surface area (Å²) in [7, 11) is 2.12. The van der Waals surface area contributed by atoms with Crippen molar-refractivity contribution in [2.75, 3.05) is 51.1 Å². The predicted molar refractivity (Wildman–Crippen MR) is 152 cm³/mol. The molecular formula is C29H34N5O4S+. The molecule has 5 rings (SSSR count). The van der Waals surface area contributed by atoms with Gasteiger partial charge >= 0.3 is 0 Å². The maximum atomic E-state index is 8.76. The summed E-state index contributed by atoms with van der Waals surface area (Å²) in [6.07, 6.45) is 8.42. The van der Waals surface area contributed by atoms with Crippen LogP contribution in [0.5, 0.6) is 0 Å². The van der Waals surface area contributed by atoms with Gasteiger partial charge in [0.05, 0.1) is 59.0 Å². The Morgan fingerprint density at radius 3 is 2.59 bits per heavy atom. The van der Waals surface area contributed by atoms with Crippen molar-refractivity contribution in [3.8, 4) is 0 Å². The fourth-order valence-corrected chi connectivity index (χ4v) is 5.51. The molecule has 0 unspecified atom stereocenters. The van der Waals surface area contributed by atoms with Crippen LogP contribution in [0, 0.1) is 0 Å². The summed E-state index contributed by atoms with van der Waals surface area (Å²) in [6.45, 7) is 4.18. The van der Waals surface area contributed by atoms with Crippen molar-refractivity contribution in [2.24, 2.45) is 7.05 Å². The molecule has 4 aromatic rings. The number of fused-ring (bicyclic) bond motifs is 2. The number of anilines is 1. The van der Waals surface area contributed by atoms with Crippen LogP contribution in [0.4, 0.5) is 5.69 Å². The lowest BCUT2D eigenvalue weighted by atomic mass is 9.99. The first kappa shape index (κ1) is 27.2. The van der Waals surface area contributed by atoms with Gasteiger partial charge in [0.25, 0.3) is 5.01 Å². The van der Waals surface area contributed by atoms with E-state index in [1.165, 1.54) is 32.0 Å². The molecule has 204 valence electrons. The number of hydrogen-bond donors (Lipinski definition) is 1. The van der Waals surface area contributed by atoms with E-state index in [4.69, 9.17) is 19.3 Å². The number of allylic oxidation sites excluding steroid dienone is 2. The lowest BCUT2D eigenvalue weighted by Crippen LogP contribution is -2.29. The van der Waals surface area contributed by atoms with Gasteiger partial charge in [-0.15, -0.1) is 5.10 Å². The molecule has 0 atom stereocenters. The van der Waals surface area contributed by atoms with Crippen molar-refractivity contribution in [1.82, 2.24) is 15.0 Å². The number of aromatic nitrogens is 4. The third-order valence-corrected chi connectivity index (χ3v) is 7.56. The maximum absolute atomic E-state index is 8.76. The Balaban J connectivity index is 1.07. The fraction of sp³-hybridized carbons (Fsp3) is 0.345. The van der Waals surface area contributed by atoms with Gasteiger partial charge in [0, 0.05) is 36.1 Å². The summed E-state index contributed by atoms with van der Waals surface area (Å²) < 4.78 is 22.0. The predicted octanol–water partition coefficient (Wildman–Crippen LogP) is 3.43. The number of rotatable bonds is 14. The van der Waals surface area contributed by atoms with Crippen LogP contribution < -0.4 is 9.47 Å². The lowest BCUT2D eigenvalue weighted by molar-refractivity contribution is -0.642. The first-order valence-electron chi connectivity index (χ1n) is 13.1. The number of nitrogens with zero attached hydrogens (tertiary/aromatic N) is 5. The molecule has 0 bridgehead atoms. The summed E-state index contributed by atoms with van der Waals surface area (Å²) in [5.74, 6) is 0. The Hall–Kier alpha value is -3.41. The second kappa shape index (κ2) is 13.6. The molecular weight excluding hydrogens is 514 g/mol. The zero-order chi connectivity index (χ0) is 26.9. The standard InChI is InChI=1S/C29H34N5O4S/c1-32-27-8-4-5-9-28(27)39-29(32)20-23-10-11-33(26-7-3-2-6-25(23)26)12-15-36-18-19-37-16-13-34-21-24(30-31-34)22-38-17-14-35/h2-11,20-21,35H,12-19,22H2,1H3/q+1. The SMILES string of the molecule is C[n+]1c(/C=C2\C=CN(CCOCCOCCn3cc(COCCO)nn3)c3ccccc32)sc2ccccc21. The van der Waals surface area contributed by atoms with Crippen LogP contribution in [0.15, 0.2) is 67.0 Å². The molecule has 39 heavy (non-hydrogen) atoms. The first-order valence-corrected chi connectivity index (χ1v) is 13.9. The van der Waals surface area contributed by atoms with Crippen LogP contribution in [0.25, 0.3) is 21.9 Å². The number of aryl methyl sites for hydroxylation is 1. The number of aliphatic hydroxyl groups excluding tert-OH is 1. The van der Waals surface area contributed by atoms with Crippen LogP contribution in [0.1, 0.15) is 16.3 Å². The van der Waals surface area contributed by atoms with E-state index in [2.05, 4.69) is 93.7 Å². The summed E-state index contributed by atoms with van der Waals surface area (Å²) in [5, 5.41) is 18.1. The summed E-state index contributed by atoms with van der Waals surface area (Å²) in [6, 6.07) is 17.0. The topological polar surface area (TPSA) is 85.8 Å². The largest absolute Gasteiger partial charge is 0.394 e. The van der Waals surface area contributed by atoms with Crippen molar-refractivity contribution in [3.05, 3.63) is 83.3 Å². The molecule has 0 amide bonds. The highest BCUT2D eigenvalue weighted by atomic mass is 32.1. The number of thiazole rings is 1. The van der Waals surface area contributed by atoms with E-state index < -0.39 is 0 Å². The molecule has 0 saturated heterocycles. The summed E-state index contributed by atoms with van der Waals surface area (Å²) in [5.41, 5.74) is 5.59. The van der Waals surface area contributed by atoms with E-state index in [0.717, 1.165) is 12.2 Å². The Bertz CT molecular complexity index is 1430. The third-order valence-electron chi connectivity index (χ3n) is 6.39. The molecule has 3 heterocycles. The molecule has 0 saturated carbocycles. The van der Waals surface area contributed by atoms with Crippen LogP contribution in [-0.4, -0.2) is 66.3 Å². The van der Waals surface area contributed by atoms with Crippen molar-refractivity contribution >= 4 is 38.9 Å². The van der Waals surface area contributed by atoms with E-state index in [1.54, 1.807) is 4.68 Å². The maximum Gasteiger partial charge on any atom is 0.263 e. The molecule has 1 aliphatic heterocycles. The number of ether oxygens (including phenoxy) is 3. The number of hydrogen-bond acceptors (Lipinski definition) is 8. The average Bonchev–Trinajstić information content (AvgIpc) is 3.55. The second-order valence-electron chi connectivity index (χ2n) is 9.07. The fourth-order valence-electron chi connectivity index (χ4n) is 4.41. The van der Waals surface area contributed by atoms with Gasteiger partial charge in [-0.2, -0.15) is 4.57 Å². The van der Waals surface area contributed by atoms with E-state index >= 15 is 0 Å². The Morgan fingerprint density at radius 1 is 0.949 bits per heavy atom. The molecule has 9 nitrogen and oxygen atoms in total. The Labute approximate surface area is 232 Å². The average molecular weight is 549 g/mol. The highest BCUT2D eigenvalue weighted by Gasteiger charge is 2.19. The molecule has 0 aliphatic carbocycles. The van der Waals surface area contributed by atoms with E-state index in [9.17, 15) is 0 Å². The molecule has 1 N–H and O–H groups in total. The number of benzene rings is 2. The van der Waals surface area contributed by atoms with Crippen molar-refractivity contribution in [3.63, 3.8) is 0 Å². The number of para-hydroxylation sites is 2. The van der Waals surface area contributed by atoms with Crippen LogP contribution in [0.3, 0.4) is 0 Å². The molecule has 0 spiro atoms. The van der Waals surface area contributed by atoms with Gasteiger partial charge in [0.2, 0.25) is 5.52 Å². The second-order valence-corrected chi connectivity index (χ2v) is 10.1.